The summed E-state index contributed by atoms with van der Waals surface area (Å²) in [5, 5.41) is 0. The highest BCUT2D eigenvalue weighted by Crippen LogP contribution is 2.23. The summed E-state index contributed by atoms with van der Waals surface area (Å²) >= 11 is 0. The van der Waals surface area contributed by atoms with Gasteiger partial charge in [-0.25, -0.2) is 12.7 Å². The van der Waals surface area contributed by atoms with Gasteiger partial charge in [0, 0.05) is 32.6 Å². The van der Waals surface area contributed by atoms with E-state index < -0.39 is 10.0 Å². The van der Waals surface area contributed by atoms with E-state index in [4.69, 9.17) is 0 Å². The van der Waals surface area contributed by atoms with Crippen molar-refractivity contribution in [1.29, 1.82) is 0 Å². The van der Waals surface area contributed by atoms with Crippen LogP contribution < -0.4 is 0 Å². The van der Waals surface area contributed by atoms with Crippen molar-refractivity contribution < 1.29 is 13.2 Å². The molecule has 5 nitrogen and oxygen atoms in total. The van der Waals surface area contributed by atoms with Crippen molar-refractivity contribution in [2.24, 2.45) is 5.92 Å². The Morgan fingerprint density at radius 3 is 2.04 bits per heavy atom. The molecule has 1 aliphatic rings. The van der Waals surface area contributed by atoms with Gasteiger partial charge in [0.2, 0.25) is 15.9 Å². The van der Waals surface area contributed by atoms with Crippen LogP contribution in [-0.4, -0.2) is 43.7 Å². The lowest BCUT2D eigenvalue weighted by Crippen LogP contribution is -2.43. The predicted octanol–water partition coefficient (Wildman–Crippen LogP) is 2.89. The second kappa shape index (κ2) is 8.67. The Labute approximate surface area is 161 Å². The first-order valence-corrected chi connectivity index (χ1v) is 10.9. The second-order valence-electron chi connectivity index (χ2n) is 7.10. The fourth-order valence-corrected chi connectivity index (χ4v) is 5.07. The second-order valence-corrected chi connectivity index (χ2v) is 9.06. The van der Waals surface area contributed by atoms with E-state index in [1.165, 1.54) is 4.31 Å². The normalized spacial score (nSPS) is 16.2. The van der Waals surface area contributed by atoms with Crippen LogP contribution >= 0.6 is 0 Å². The van der Waals surface area contributed by atoms with Crippen LogP contribution in [0.15, 0.2) is 60.7 Å². The van der Waals surface area contributed by atoms with E-state index in [0.717, 1.165) is 11.1 Å². The lowest BCUT2D eigenvalue weighted by Gasteiger charge is -2.32. The SMILES string of the molecule is CN(Cc1ccccc1)C(=O)C1CCN(S(=O)(=O)Cc2ccccc2)CC1. The maximum atomic E-state index is 12.7. The Morgan fingerprint density at radius 2 is 1.48 bits per heavy atom. The van der Waals surface area contributed by atoms with Gasteiger partial charge in [-0.1, -0.05) is 60.7 Å². The number of nitrogens with zero attached hydrogens (tertiary/aromatic N) is 2. The van der Waals surface area contributed by atoms with Gasteiger partial charge < -0.3 is 4.90 Å². The van der Waals surface area contributed by atoms with Gasteiger partial charge in [-0.05, 0) is 24.0 Å². The zero-order valence-electron chi connectivity index (χ0n) is 15.6. The maximum Gasteiger partial charge on any atom is 0.225 e. The lowest BCUT2D eigenvalue weighted by molar-refractivity contribution is -0.135. The lowest BCUT2D eigenvalue weighted by atomic mass is 9.96. The van der Waals surface area contributed by atoms with E-state index in [9.17, 15) is 13.2 Å². The molecule has 0 bridgehead atoms. The van der Waals surface area contributed by atoms with Crippen LogP contribution in [0.3, 0.4) is 0 Å². The molecule has 1 fully saturated rings. The highest BCUT2D eigenvalue weighted by atomic mass is 32.2. The number of carbonyl (C=O) groups excluding carboxylic acids is 1. The van der Waals surface area contributed by atoms with Crippen molar-refractivity contribution in [2.45, 2.75) is 25.1 Å². The van der Waals surface area contributed by atoms with E-state index in [1.807, 2.05) is 67.7 Å². The molecule has 1 heterocycles. The number of sulfonamides is 1. The van der Waals surface area contributed by atoms with Crippen molar-refractivity contribution in [2.75, 3.05) is 20.1 Å². The smallest absolute Gasteiger partial charge is 0.225 e. The molecule has 0 saturated carbocycles. The molecule has 0 aliphatic carbocycles. The van der Waals surface area contributed by atoms with Gasteiger partial charge in [-0.2, -0.15) is 0 Å². The van der Waals surface area contributed by atoms with Crippen LogP contribution in [0.2, 0.25) is 0 Å². The minimum atomic E-state index is -3.35. The molecule has 1 aliphatic heterocycles. The van der Waals surface area contributed by atoms with E-state index >= 15 is 0 Å². The van der Waals surface area contributed by atoms with Crippen LogP contribution in [0.25, 0.3) is 0 Å². The maximum absolute atomic E-state index is 12.7. The summed E-state index contributed by atoms with van der Waals surface area (Å²) in [7, 11) is -1.53. The highest BCUT2D eigenvalue weighted by molar-refractivity contribution is 7.88. The van der Waals surface area contributed by atoms with Gasteiger partial charge in [0.25, 0.3) is 0 Å². The zero-order valence-corrected chi connectivity index (χ0v) is 16.4. The zero-order chi connectivity index (χ0) is 19.3. The first kappa shape index (κ1) is 19.6. The van der Waals surface area contributed by atoms with Crippen molar-refractivity contribution >= 4 is 15.9 Å². The summed E-state index contributed by atoms with van der Waals surface area (Å²) in [5.74, 6) is 0.00115. The van der Waals surface area contributed by atoms with Crippen LogP contribution in [0, 0.1) is 5.92 Å². The molecule has 1 amide bonds. The average Bonchev–Trinajstić information content (AvgIpc) is 2.69. The summed E-state index contributed by atoms with van der Waals surface area (Å²) in [4.78, 5) is 14.5. The van der Waals surface area contributed by atoms with E-state index in [1.54, 1.807) is 4.90 Å². The summed E-state index contributed by atoms with van der Waals surface area (Å²) in [6, 6.07) is 19.1. The van der Waals surface area contributed by atoms with Gasteiger partial charge in [-0.3, -0.25) is 4.79 Å². The number of hydrogen-bond donors (Lipinski definition) is 0. The first-order valence-electron chi connectivity index (χ1n) is 9.26. The molecule has 144 valence electrons. The molecule has 3 rings (SSSR count). The van der Waals surface area contributed by atoms with Crippen molar-refractivity contribution in [3.05, 3.63) is 71.8 Å². The van der Waals surface area contributed by atoms with Crippen molar-refractivity contribution in [3.8, 4) is 0 Å². The number of piperidine rings is 1. The van der Waals surface area contributed by atoms with Gasteiger partial charge in [0.1, 0.15) is 0 Å². The van der Waals surface area contributed by atoms with Gasteiger partial charge >= 0.3 is 0 Å². The number of amides is 1. The van der Waals surface area contributed by atoms with Crippen molar-refractivity contribution in [1.82, 2.24) is 9.21 Å². The Morgan fingerprint density at radius 1 is 0.963 bits per heavy atom. The molecule has 0 atom stereocenters. The third-order valence-electron chi connectivity index (χ3n) is 5.03. The largest absolute Gasteiger partial charge is 0.341 e. The van der Waals surface area contributed by atoms with Crippen LogP contribution in [-0.2, 0) is 27.1 Å². The molecule has 6 heteroatoms. The molecule has 1 saturated heterocycles. The molecule has 27 heavy (non-hydrogen) atoms. The Kier molecular flexibility index (Phi) is 6.29. The number of hydrogen-bond acceptors (Lipinski definition) is 3. The van der Waals surface area contributed by atoms with Crippen LogP contribution in [0.4, 0.5) is 0 Å². The molecule has 0 N–H and O–H groups in total. The molecular weight excluding hydrogens is 360 g/mol. The van der Waals surface area contributed by atoms with E-state index in [0.29, 0.717) is 32.5 Å². The van der Waals surface area contributed by atoms with E-state index in [-0.39, 0.29) is 17.6 Å². The topological polar surface area (TPSA) is 57.7 Å². The van der Waals surface area contributed by atoms with Gasteiger partial charge in [0.05, 0.1) is 5.75 Å². The Balaban J connectivity index is 1.54. The van der Waals surface area contributed by atoms with Gasteiger partial charge in [0.15, 0.2) is 0 Å². The number of rotatable bonds is 6. The molecule has 0 radical (unpaired) electrons. The third kappa shape index (κ3) is 5.17. The standard InChI is InChI=1S/C21H26N2O3S/c1-22(16-18-8-4-2-5-9-18)21(24)20-12-14-23(15-13-20)27(25,26)17-19-10-6-3-7-11-19/h2-11,20H,12-17H2,1H3. The van der Waals surface area contributed by atoms with E-state index in [2.05, 4.69) is 0 Å². The summed E-state index contributed by atoms with van der Waals surface area (Å²) in [6.45, 7) is 1.39. The monoisotopic (exact) mass is 386 g/mol. The predicted molar refractivity (Wildman–Crippen MR) is 106 cm³/mol. The van der Waals surface area contributed by atoms with Crippen LogP contribution in [0.5, 0.6) is 0 Å². The molecule has 2 aromatic carbocycles. The minimum Gasteiger partial charge on any atom is -0.341 e. The molecule has 0 unspecified atom stereocenters. The summed E-state index contributed by atoms with van der Waals surface area (Å²) < 4.78 is 26.8. The molecule has 0 aromatic heterocycles. The summed E-state index contributed by atoms with van der Waals surface area (Å²) in [6.07, 6.45) is 1.15. The van der Waals surface area contributed by atoms with Crippen LogP contribution in [0.1, 0.15) is 24.0 Å². The molecule has 0 spiro atoms. The molecule has 2 aromatic rings. The minimum absolute atomic E-state index is 0.0142. The number of benzene rings is 2. The van der Waals surface area contributed by atoms with Gasteiger partial charge in [-0.15, -0.1) is 0 Å². The Bertz CT molecular complexity index is 846. The third-order valence-corrected chi connectivity index (χ3v) is 6.88. The first-order chi connectivity index (χ1) is 13.0. The highest BCUT2D eigenvalue weighted by Gasteiger charge is 2.32. The fraction of sp³-hybridized carbons (Fsp3) is 0.381. The van der Waals surface area contributed by atoms with Crippen molar-refractivity contribution in [3.63, 3.8) is 0 Å². The average molecular weight is 387 g/mol. The number of carbonyl (C=O) groups is 1. The molecular formula is C21H26N2O3S. The quantitative estimate of drug-likeness (QED) is 0.767. The Hall–Kier alpha value is -2.18. The summed E-state index contributed by atoms with van der Waals surface area (Å²) in [5.41, 5.74) is 1.88. The fourth-order valence-electron chi connectivity index (χ4n) is 3.50.